The van der Waals surface area contributed by atoms with Gasteiger partial charge in [-0.05, 0) is 33.6 Å². The van der Waals surface area contributed by atoms with E-state index in [-0.39, 0.29) is 23.7 Å². The molecule has 2 bridgehead atoms. The Balaban J connectivity index is 2.05. The van der Waals surface area contributed by atoms with E-state index in [0.29, 0.717) is 13.1 Å². The van der Waals surface area contributed by atoms with Crippen molar-refractivity contribution < 1.29 is 19.4 Å². The molecule has 18 heavy (non-hydrogen) atoms. The highest BCUT2D eigenvalue weighted by molar-refractivity contribution is 5.69. The molecule has 104 valence electrons. The zero-order valence-electron chi connectivity index (χ0n) is 11.7. The van der Waals surface area contributed by atoms with E-state index in [1.54, 1.807) is 12.0 Å². The minimum Gasteiger partial charge on any atom is -0.444 e. The van der Waals surface area contributed by atoms with Gasteiger partial charge in [0.25, 0.3) is 0 Å². The van der Waals surface area contributed by atoms with E-state index in [4.69, 9.17) is 9.47 Å². The Bertz CT molecular complexity index is 323. The highest BCUT2D eigenvalue weighted by Gasteiger charge is 2.61. The molecule has 0 spiro atoms. The minimum absolute atomic E-state index is 0.0947. The summed E-state index contributed by atoms with van der Waals surface area (Å²) in [4.78, 5) is 13.7. The molecule has 1 amide bonds. The number of carbonyl (C=O) groups is 1. The van der Waals surface area contributed by atoms with Crippen LogP contribution in [0.1, 0.15) is 33.6 Å². The predicted octanol–water partition coefficient (Wildman–Crippen LogP) is 1.39. The second-order valence-corrected chi connectivity index (χ2v) is 6.74. The predicted molar refractivity (Wildman–Crippen MR) is 66.3 cm³/mol. The molecule has 2 saturated heterocycles. The lowest BCUT2D eigenvalue weighted by Gasteiger charge is -2.61. The van der Waals surface area contributed by atoms with Gasteiger partial charge in [-0.2, -0.15) is 0 Å². The van der Waals surface area contributed by atoms with Crippen LogP contribution >= 0.6 is 0 Å². The first-order chi connectivity index (χ1) is 8.23. The Kier molecular flexibility index (Phi) is 3.10. The van der Waals surface area contributed by atoms with Crippen molar-refractivity contribution in [2.45, 2.75) is 44.8 Å². The first-order valence-electron chi connectivity index (χ1n) is 6.37. The summed E-state index contributed by atoms with van der Waals surface area (Å²) < 4.78 is 10.9. The fraction of sp³-hybridized carbons (Fsp3) is 0.923. The fourth-order valence-electron chi connectivity index (χ4n) is 3.17. The van der Waals surface area contributed by atoms with Gasteiger partial charge in [0.15, 0.2) is 0 Å². The Morgan fingerprint density at radius 3 is 2.39 bits per heavy atom. The van der Waals surface area contributed by atoms with Gasteiger partial charge in [-0.3, -0.25) is 0 Å². The molecule has 2 heterocycles. The van der Waals surface area contributed by atoms with Crippen molar-refractivity contribution in [3.63, 3.8) is 0 Å². The van der Waals surface area contributed by atoms with Crippen LogP contribution in [0.2, 0.25) is 0 Å². The zero-order valence-corrected chi connectivity index (χ0v) is 11.7. The number of amides is 1. The molecule has 3 fully saturated rings. The van der Waals surface area contributed by atoms with Crippen LogP contribution in [0.3, 0.4) is 0 Å². The Labute approximate surface area is 108 Å². The van der Waals surface area contributed by atoms with E-state index in [0.717, 1.165) is 12.8 Å². The average molecular weight is 257 g/mol. The maximum Gasteiger partial charge on any atom is 0.410 e. The number of carbonyl (C=O) groups excluding carboxylic acids is 1. The molecule has 1 aliphatic carbocycles. The normalized spacial score (nSPS) is 35.1. The number of hydrogen-bond donors (Lipinski definition) is 1. The number of rotatable bonds is 2. The van der Waals surface area contributed by atoms with Crippen molar-refractivity contribution in [1.82, 2.24) is 4.90 Å². The molecule has 0 atom stereocenters. The molecule has 3 rings (SSSR count). The van der Waals surface area contributed by atoms with E-state index < -0.39 is 5.60 Å². The minimum atomic E-state index is -0.495. The van der Waals surface area contributed by atoms with Crippen LogP contribution in [0.25, 0.3) is 0 Å². The lowest BCUT2D eigenvalue weighted by molar-refractivity contribution is -0.215. The van der Waals surface area contributed by atoms with Gasteiger partial charge < -0.3 is 19.5 Å². The lowest BCUT2D eigenvalue weighted by Crippen LogP contribution is -2.70. The van der Waals surface area contributed by atoms with E-state index >= 15 is 0 Å². The standard InChI is InChI=1S/C13H23NO4/c1-11(2,3)18-10(16)14-7-12(9-15)5-13(6-12,8-14)17-4/h15H,5-9H2,1-4H3. The summed E-state index contributed by atoms with van der Waals surface area (Å²) in [6, 6.07) is 0. The molecule has 0 radical (unpaired) electrons. The molecule has 1 saturated carbocycles. The van der Waals surface area contributed by atoms with Crippen molar-refractivity contribution in [3.05, 3.63) is 0 Å². The number of methoxy groups -OCH3 is 1. The van der Waals surface area contributed by atoms with Gasteiger partial charge in [0.1, 0.15) is 5.60 Å². The van der Waals surface area contributed by atoms with Gasteiger partial charge in [-0.25, -0.2) is 4.79 Å². The third-order valence-corrected chi connectivity index (χ3v) is 3.82. The summed E-state index contributed by atoms with van der Waals surface area (Å²) >= 11 is 0. The molecule has 5 nitrogen and oxygen atoms in total. The third kappa shape index (κ3) is 2.34. The van der Waals surface area contributed by atoms with Gasteiger partial charge in [0.05, 0.1) is 18.8 Å². The number of fused-ring (bicyclic) bond motifs is 2. The summed E-state index contributed by atoms with van der Waals surface area (Å²) in [5.74, 6) is 0. The molecule has 0 unspecified atom stereocenters. The summed E-state index contributed by atoms with van der Waals surface area (Å²) in [6.07, 6.45) is 1.33. The van der Waals surface area contributed by atoms with E-state index in [9.17, 15) is 9.90 Å². The second-order valence-electron chi connectivity index (χ2n) is 6.74. The maximum atomic E-state index is 12.1. The van der Waals surface area contributed by atoms with Crippen LogP contribution in [-0.4, -0.2) is 54.1 Å². The SMILES string of the molecule is COC12CN(C(=O)OC(C)(C)C)CC(CO)(C1)C2. The molecule has 5 heteroatoms. The molecule has 0 aromatic carbocycles. The highest BCUT2D eigenvalue weighted by Crippen LogP contribution is 2.54. The topological polar surface area (TPSA) is 59.0 Å². The Hall–Kier alpha value is -0.810. The van der Waals surface area contributed by atoms with Crippen LogP contribution in [0, 0.1) is 5.41 Å². The van der Waals surface area contributed by atoms with E-state index in [1.165, 1.54) is 0 Å². The van der Waals surface area contributed by atoms with Crippen LogP contribution in [0.5, 0.6) is 0 Å². The third-order valence-electron chi connectivity index (χ3n) is 3.82. The molecule has 2 aliphatic heterocycles. The number of piperidine rings is 2. The summed E-state index contributed by atoms with van der Waals surface area (Å²) in [5, 5.41) is 9.50. The summed E-state index contributed by atoms with van der Waals surface area (Å²) in [6.45, 7) is 6.76. The van der Waals surface area contributed by atoms with Crippen molar-refractivity contribution >= 4 is 6.09 Å². The van der Waals surface area contributed by atoms with Crippen LogP contribution in [-0.2, 0) is 9.47 Å². The molecular weight excluding hydrogens is 234 g/mol. The van der Waals surface area contributed by atoms with Crippen LogP contribution in [0.15, 0.2) is 0 Å². The average Bonchev–Trinajstić information content (AvgIpc) is 2.25. The van der Waals surface area contributed by atoms with Crippen molar-refractivity contribution in [2.75, 3.05) is 26.8 Å². The number of aliphatic hydroxyl groups excluding tert-OH is 1. The lowest BCUT2D eigenvalue weighted by atomic mass is 9.56. The van der Waals surface area contributed by atoms with Crippen LogP contribution < -0.4 is 0 Å². The second kappa shape index (κ2) is 4.10. The first-order valence-corrected chi connectivity index (χ1v) is 6.37. The quantitative estimate of drug-likeness (QED) is 0.812. The molecule has 0 aromatic heterocycles. The van der Waals surface area contributed by atoms with Gasteiger partial charge in [-0.1, -0.05) is 0 Å². The van der Waals surface area contributed by atoms with E-state index in [2.05, 4.69) is 0 Å². The molecular formula is C13H23NO4. The van der Waals surface area contributed by atoms with Gasteiger partial charge >= 0.3 is 6.09 Å². The number of ether oxygens (including phenoxy) is 2. The first kappa shape index (κ1) is 13.6. The van der Waals surface area contributed by atoms with Gasteiger partial charge in [0.2, 0.25) is 0 Å². The maximum absolute atomic E-state index is 12.1. The smallest absolute Gasteiger partial charge is 0.410 e. The summed E-state index contributed by atoms with van der Waals surface area (Å²) in [5.41, 5.74) is -0.964. The highest BCUT2D eigenvalue weighted by atomic mass is 16.6. The van der Waals surface area contributed by atoms with Crippen molar-refractivity contribution in [1.29, 1.82) is 0 Å². The van der Waals surface area contributed by atoms with Gasteiger partial charge in [-0.15, -0.1) is 0 Å². The molecule has 1 N–H and O–H groups in total. The largest absolute Gasteiger partial charge is 0.444 e. The molecule has 3 aliphatic rings. The fourth-order valence-corrected chi connectivity index (χ4v) is 3.17. The summed E-state index contributed by atoms with van der Waals surface area (Å²) in [7, 11) is 1.67. The Morgan fingerprint density at radius 1 is 1.33 bits per heavy atom. The van der Waals surface area contributed by atoms with Crippen LogP contribution in [0.4, 0.5) is 4.79 Å². The van der Waals surface area contributed by atoms with Gasteiger partial charge in [0, 0.05) is 19.1 Å². The number of aliphatic hydroxyl groups is 1. The monoisotopic (exact) mass is 257 g/mol. The van der Waals surface area contributed by atoms with E-state index in [1.807, 2.05) is 20.8 Å². The van der Waals surface area contributed by atoms with Crippen molar-refractivity contribution in [3.8, 4) is 0 Å². The number of hydrogen-bond acceptors (Lipinski definition) is 4. The Morgan fingerprint density at radius 2 is 1.94 bits per heavy atom. The van der Waals surface area contributed by atoms with Crippen molar-refractivity contribution in [2.24, 2.45) is 5.41 Å². The molecule has 0 aromatic rings. The zero-order chi connectivity index (χ0) is 13.6. The number of nitrogens with zero attached hydrogens (tertiary/aromatic N) is 1.